The summed E-state index contributed by atoms with van der Waals surface area (Å²) in [5.74, 6) is 1.21. The van der Waals surface area contributed by atoms with Crippen molar-refractivity contribution in [2.75, 3.05) is 5.32 Å². The number of fused-ring (bicyclic) bond motifs is 1. The van der Waals surface area contributed by atoms with Gasteiger partial charge in [0.25, 0.3) is 0 Å². The number of aliphatic hydroxyl groups excluding tert-OH is 1. The maximum absolute atomic E-state index is 12.3. The zero-order valence-electron chi connectivity index (χ0n) is 15.3. The van der Waals surface area contributed by atoms with E-state index >= 15 is 0 Å². The molecule has 3 aromatic rings. The maximum Gasteiger partial charge on any atom is 0.306 e. The largest absolute Gasteiger partial charge is 0.457 e. The summed E-state index contributed by atoms with van der Waals surface area (Å²) >= 11 is 0. The van der Waals surface area contributed by atoms with Crippen LogP contribution < -0.4 is 15.6 Å². The third-order valence-corrected chi connectivity index (χ3v) is 3.67. The van der Waals surface area contributed by atoms with Crippen LogP contribution in [0, 0.1) is 0 Å². The summed E-state index contributed by atoms with van der Waals surface area (Å²) in [4.78, 5) is 12.3. The molecule has 0 aliphatic heterocycles. The Kier molecular flexibility index (Phi) is 5.07. The first-order valence-electron chi connectivity index (χ1n) is 8.47. The third kappa shape index (κ3) is 4.58. The second kappa shape index (κ2) is 7.30. The van der Waals surface area contributed by atoms with Gasteiger partial charge in [0.05, 0.1) is 11.1 Å². The van der Waals surface area contributed by atoms with E-state index in [1.807, 2.05) is 30.3 Å². The van der Waals surface area contributed by atoms with Crippen molar-refractivity contribution < 1.29 is 19.8 Å². The molecule has 3 N–H and O–H groups in total. The minimum absolute atomic E-state index is 0.00129. The second-order valence-electron chi connectivity index (χ2n) is 7.04. The molecular formula is C20H22N2O5. The lowest BCUT2D eigenvalue weighted by Crippen LogP contribution is -2.35. The van der Waals surface area contributed by atoms with Gasteiger partial charge in [0.2, 0.25) is 6.41 Å². The molecule has 0 saturated heterocycles. The maximum atomic E-state index is 12.3. The Bertz CT molecular complexity index is 993. The molecule has 0 fully saturated rings. The van der Waals surface area contributed by atoms with E-state index in [4.69, 9.17) is 9.47 Å². The summed E-state index contributed by atoms with van der Waals surface area (Å²) in [6, 6.07) is 15.7. The normalized spacial score (nSPS) is 12.7. The number of benzene rings is 2. The average Bonchev–Trinajstić information content (AvgIpc) is 2.58. The molecule has 0 aliphatic carbocycles. The van der Waals surface area contributed by atoms with Crippen LogP contribution in [0.15, 0.2) is 59.4 Å². The van der Waals surface area contributed by atoms with E-state index < -0.39 is 17.6 Å². The number of anilines is 1. The Labute approximate surface area is 156 Å². The third-order valence-electron chi connectivity index (χ3n) is 3.67. The minimum Gasteiger partial charge on any atom is -0.457 e. The van der Waals surface area contributed by atoms with Gasteiger partial charge in [-0.05, 0) is 57.2 Å². The van der Waals surface area contributed by atoms with Crippen LogP contribution in [-0.4, -0.2) is 27.1 Å². The van der Waals surface area contributed by atoms with Crippen LogP contribution in [0.25, 0.3) is 10.9 Å². The molecule has 0 amide bonds. The van der Waals surface area contributed by atoms with Crippen molar-refractivity contribution in [3.8, 4) is 11.5 Å². The van der Waals surface area contributed by atoms with Gasteiger partial charge in [-0.15, -0.1) is 4.73 Å². The molecule has 0 radical (unpaired) electrons. The van der Waals surface area contributed by atoms with E-state index in [1.54, 1.807) is 39.0 Å². The van der Waals surface area contributed by atoms with Crippen molar-refractivity contribution in [3.63, 3.8) is 0 Å². The molecule has 2 aromatic carbocycles. The van der Waals surface area contributed by atoms with Crippen LogP contribution in [0.5, 0.6) is 11.5 Å². The molecule has 1 aromatic heterocycles. The summed E-state index contributed by atoms with van der Waals surface area (Å²) in [7, 11) is 0. The highest BCUT2D eigenvalue weighted by atomic mass is 16.6. The fourth-order valence-corrected chi connectivity index (χ4v) is 2.57. The lowest BCUT2D eigenvalue weighted by Gasteiger charge is -2.24. The van der Waals surface area contributed by atoms with Crippen molar-refractivity contribution in [3.05, 3.63) is 65.0 Å². The van der Waals surface area contributed by atoms with Gasteiger partial charge in [-0.2, -0.15) is 0 Å². The Morgan fingerprint density at radius 3 is 2.41 bits per heavy atom. The molecule has 27 heavy (non-hydrogen) atoms. The van der Waals surface area contributed by atoms with Gasteiger partial charge >= 0.3 is 5.56 Å². The molecule has 7 nitrogen and oxygen atoms in total. The highest BCUT2D eigenvalue weighted by molar-refractivity contribution is 5.83. The number of para-hydroxylation sites is 1. The molecule has 1 atom stereocenters. The van der Waals surface area contributed by atoms with Crippen LogP contribution in [0.1, 0.15) is 20.8 Å². The van der Waals surface area contributed by atoms with E-state index in [9.17, 15) is 15.1 Å². The van der Waals surface area contributed by atoms with Gasteiger partial charge in [0.15, 0.2) is 0 Å². The predicted octanol–water partition coefficient (Wildman–Crippen LogP) is 3.53. The van der Waals surface area contributed by atoms with E-state index in [1.165, 1.54) is 6.07 Å². The molecule has 7 heteroatoms. The summed E-state index contributed by atoms with van der Waals surface area (Å²) in [6.07, 6.45) is -1.40. The van der Waals surface area contributed by atoms with E-state index in [0.29, 0.717) is 27.1 Å². The van der Waals surface area contributed by atoms with E-state index in [2.05, 4.69) is 5.32 Å². The van der Waals surface area contributed by atoms with Crippen LogP contribution in [0.3, 0.4) is 0 Å². The van der Waals surface area contributed by atoms with Gasteiger partial charge in [0.1, 0.15) is 17.2 Å². The fourth-order valence-electron chi connectivity index (χ4n) is 2.57. The van der Waals surface area contributed by atoms with Crippen molar-refractivity contribution in [2.45, 2.75) is 32.8 Å². The summed E-state index contributed by atoms with van der Waals surface area (Å²) in [5, 5.41) is 23.3. The molecular weight excluding hydrogens is 348 g/mol. The number of aromatic nitrogens is 1. The van der Waals surface area contributed by atoms with Gasteiger partial charge in [-0.3, -0.25) is 4.79 Å². The molecule has 3 rings (SSSR count). The molecule has 0 spiro atoms. The van der Waals surface area contributed by atoms with Crippen LogP contribution in [0.2, 0.25) is 0 Å². The lowest BCUT2D eigenvalue weighted by molar-refractivity contribution is -0.148. The monoisotopic (exact) mass is 370 g/mol. The lowest BCUT2D eigenvalue weighted by atomic mass is 10.2. The van der Waals surface area contributed by atoms with E-state index in [-0.39, 0.29) is 5.69 Å². The average molecular weight is 370 g/mol. The quantitative estimate of drug-likeness (QED) is 0.470. The number of pyridine rings is 1. The van der Waals surface area contributed by atoms with Gasteiger partial charge in [0, 0.05) is 5.39 Å². The van der Waals surface area contributed by atoms with Crippen LogP contribution in [0.4, 0.5) is 5.69 Å². The smallest absolute Gasteiger partial charge is 0.306 e. The molecule has 0 saturated carbocycles. The molecule has 142 valence electrons. The first-order chi connectivity index (χ1) is 12.7. The van der Waals surface area contributed by atoms with Gasteiger partial charge in [-0.25, -0.2) is 0 Å². The first kappa shape index (κ1) is 18.8. The minimum atomic E-state index is -1.40. The predicted molar refractivity (Wildman–Crippen MR) is 102 cm³/mol. The number of ether oxygens (including phenoxy) is 2. The number of nitrogens with zero attached hydrogens (tertiary/aromatic N) is 1. The van der Waals surface area contributed by atoms with Crippen molar-refractivity contribution in [1.29, 1.82) is 0 Å². The van der Waals surface area contributed by atoms with Crippen molar-refractivity contribution in [1.82, 2.24) is 4.73 Å². The summed E-state index contributed by atoms with van der Waals surface area (Å²) < 4.78 is 11.6. The number of rotatable bonds is 5. The van der Waals surface area contributed by atoms with Crippen LogP contribution >= 0.6 is 0 Å². The topological polar surface area (TPSA) is 92.9 Å². The summed E-state index contributed by atoms with van der Waals surface area (Å²) in [5.41, 5.74) is -0.996. The highest BCUT2D eigenvalue weighted by Crippen LogP contribution is 2.26. The second-order valence-corrected chi connectivity index (χ2v) is 7.04. The zero-order chi connectivity index (χ0) is 19.6. The van der Waals surface area contributed by atoms with Crippen LogP contribution in [-0.2, 0) is 4.74 Å². The standard InChI is InChI=1S/C20H22N2O5/c1-20(2,3)27-19(24)21-16-12-13-11-15(26-14-7-5-4-6-8-14)9-10-17(13)22(25)18(16)23/h4-12,19,21,24-25H,1-3H3. The summed E-state index contributed by atoms with van der Waals surface area (Å²) in [6.45, 7) is 5.32. The molecule has 1 heterocycles. The number of hydrogen-bond acceptors (Lipinski definition) is 6. The zero-order valence-corrected chi connectivity index (χ0v) is 15.3. The highest BCUT2D eigenvalue weighted by Gasteiger charge is 2.18. The van der Waals surface area contributed by atoms with E-state index in [0.717, 1.165) is 0 Å². The number of hydrogen-bond donors (Lipinski definition) is 3. The van der Waals surface area contributed by atoms with Crippen molar-refractivity contribution in [2.24, 2.45) is 0 Å². The molecule has 1 unspecified atom stereocenters. The number of nitrogens with one attached hydrogen (secondary N) is 1. The fraction of sp³-hybridized carbons (Fsp3) is 0.250. The Morgan fingerprint density at radius 1 is 1.04 bits per heavy atom. The van der Waals surface area contributed by atoms with Gasteiger partial charge < -0.3 is 25.1 Å². The Balaban J connectivity index is 1.93. The Morgan fingerprint density at radius 2 is 1.74 bits per heavy atom. The first-order valence-corrected chi connectivity index (χ1v) is 8.47. The SMILES string of the molecule is CC(C)(C)OC(O)Nc1cc2cc(Oc3ccccc3)ccc2n(O)c1=O. The number of aliphatic hydroxyl groups is 1. The van der Waals surface area contributed by atoms with Crippen molar-refractivity contribution >= 4 is 16.6 Å². The Hall–Kier alpha value is -3.03. The molecule has 0 bridgehead atoms. The van der Waals surface area contributed by atoms with Gasteiger partial charge in [-0.1, -0.05) is 18.2 Å². The molecule has 0 aliphatic rings.